The van der Waals surface area contributed by atoms with Crippen molar-refractivity contribution in [2.45, 2.75) is 52.2 Å². The first kappa shape index (κ1) is 25.1. The van der Waals surface area contributed by atoms with E-state index in [4.69, 9.17) is 10.1 Å². The summed E-state index contributed by atoms with van der Waals surface area (Å²) < 4.78 is 5.87. The van der Waals surface area contributed by atoms with Crippen LogP contribution >= 0.6 is 0 Å². The summed E-state index contributed by atoms with van der Waals surface area (Å²) in [7, 11) is 1.70. The topological polar surface area (TPSA) is 115 Å². The summed E-state index contributed by atoms with van der Waals surface area (Å²) in [6.07, 6.45) is 5.36. The summed E-state index contributed by atoms with van der Waals surface area (Å²) in [5.41, 5.74) is 0.181. The Morgan fingerprint density at radius 3 is 2.53 bits per heavy atom. The summed E-state index contributed by atoms with van der Waals surface area (Å²) in [6.45, 7) is 7.64. The summed E-state index contributed by atoms with van der Waals surface area (Å²) in [5.74, 6) is 0.459. The maximum absolute atomic E-state index is 12.8. The van der Waals surface area contributed by atoms with Crippen LogP contribution in [0.15, 0.2) is 48.4 Å². The largest absolute Gasteiger partial charge is 0.460 e. The van der Waals surface area contributed by atoms with Crippen LogP contribution < -0.4 is 15.4 Å². The summed E-state index contributed by atoms with van der Waals surface area (Å²) in [6, 6.07) is 6.63. The van der Waals surface area contributed by atoms with Gasteiger partial charge in [-0.15, -0.1) is 0 Å². The fourth-order valence-corrected chi connectivity index (χ4v) is 3.41. The van der Waals surface area contributed by atoms with E-state index >= 15 is 0 Å². The highest BCUT2D eigenvalue weighted by Gasteiger charge is 2.34. The normalized spacial score (nSPS) is 15.2. The van der Waals surface area contributed by atoms with Gasteiger partial charge < -0.3 is 25.4 Å². The van der Waals surface area contributed by atoms with Gasteiger partial charge in [0.2, 0.25) is 5.91 Å². The number of amidine groups is 1. The van der Waals surface area contributed by atoms with Crippen LogP contribution in [0.5, 0.6) is 5.75 Å². The van der Waals surface area contributed by atoms with Crippen molar-refractivity contribution < 1.29 is 19.4 Å². The highest BCUT2D eigenvalue weighted by Crippen LogP contribution is 2.23. The number of amides is 2. The molecule has 8 heteroatoms. The number of benzene rings is 1. The lowest BCUT2D eigenvalue weighted by Crippen LogP contribution is -2.49. The van der Waals surface area contributed by atoms with Crippen molar-refractivity contribution in [1.29, 1.82) is 5.41 Å². The third-order valence-electron chi connectivity index (χ3n) is 4.75. The van der Waals surface area contributed by atoms with Crippen LogP contribution in [0.25, 0.3) is 0 Å². The van der Waals surface area contributed by atoms with E-state index in [2.05, 4.69) is 10.6 Å². The van der Waals surface area contributed by atoms with Crippen LogP contribution in [0.3, 0.4) is 0 Å². The molecule has 0 saturated carbocycles. The lowest BCUT2D eigenvalue weighted by molar-refractivity contribution is -0.135. The second-order valence-corrected chi connectivity index (χ2v) is 8.98. The number of carbonyl (C=O) groups excluding carboxylic acids is 2. The molecule has 0 aromatic heterocycles. The Bertz CT molecular complexity index is 882. The average molecular weight is 443 g/mol. The molecule has 1 aromatic carbocycles. The fourth-order valence-electron chi connectivity index (χ4n) is 3.41. The van der Waals surface area contributed by atoms with Gasteiger partial charge in [-0.25, -0.2) is 0 Å². The number of ether oxygens (including phenoxy) is 1. The zero-order valence-corrected chi connectivity index (χ0v) is 19.4. The Labute approximate surface area is 189 Å². The molecule has 1 aliphatic heterocycles. The highest BCUT2D eigenvalue weighted by atomic mass is 16.5. The van der Waals surface area contributed by atoms with Gasteiger partial charge >= 0.3 is 0 Å². The molecule has 8 nitrogen and oxygen atoms in total. The van der Waals surface area contributed by atoms with E-state index in [9.17, 15) is 14.7 Å². The predicted molar refractivity (Wildman–Crippen MR) is 124 cm³/mol. The standard InChI is InChI=1S/C24H34N4O4/c1-16(2)12-20(23(30)27-21(25)10-11-26-5)28-15-19(13-22(28)29)32-18-8-6-17(7-9-18)14-24(3,4)31/h6-11,13,16,20,26,31H,12,14-15H2,1-5H3,(H2,25,27,30)/b11-10-/t20-/m0/s1. The Morgan fingerprint density at radius 1 is 1.31 bits per heavy atom. The first-order valence-electron chi connectivity index (χ1n) is 10.7. The molecule has 0 spiro atoms. The lowest BCUT2D eigenvalue weighted by atomic mass is 9.99. The number of hydrogen-bond acceptors (Lipinski definition) is 6. The number of nitrogens with zero attached hydrogens (tertiary/aromatic N) is 1. The molecule has 1 heterocycles. The lowest BCUT2D eigenvalue weighted by Gasteiger charge is -2.28. The van der Waals surface area contributed by atoms with Crippen LogP contribution in [0.2, 0.25) is 0 Å². The van der Waals surface area contributed by atoms with Crippen molar-refractivity contribution in [2.75, 3.05) is 13.6 Å². The number of hydrogen-bond donors (Lipinski definition) is 4. The molecule has 174 valence electrons. The number of carbonyl (C=O) groups is 2. The number of rotatable bonds is 10. The van der Waals surface area contributed by atoms with E-state index in [1.54, 1.807) is 39.2 Å². The first-order chi connectivity index (χ1) is 15.0. The number of aliphatic hydroxyl groups is 1. The fraction of sp³-hybridized carbons (Fsp3) is 0.458. The summed E-state index contributed by atoms with van der Waals surface area (Å²) >= 11 is 0. The van der Waals surface area contributed by atoms with E-state index in [-0.39, 0.29) is 24.2 Å². The molecule has 32 heavy (non-hydrogen) atoms. The van der Waals surface area contributed by atoms with E-state index in [0.29, 0.717) is 24.4 Å². The molecule has 0 aliphatic carbocycles. The minimum absolute atomic E-state index is 0.0552. The van der Waals surface area contributed by atoms with Gasteiger partial charge in [-0.05, 0) is 56.2 Å². The number of nitrogens with one attached hydrogen (secondary N) is 3. The van der Waals surface area contributed by atoms with Crippen LogP contribution in [0.4, 0.5) is 0 Å². The Morgan fingerprint density at radius 2 is 1.97 bits per heavy atom. The third-order valence-corrected chi connectivity index (χ3v) is 4.75. The molecule has 0 unspecified atom stereocenters. The van der Waals surface area contributed by atoms with Crippen LogP contribution in [0, 0.1) is 11.3 Å². The summed E-state index contributed by atoms with van der Waals surface area (Å²) in [5, 5.41) is 23.1. The minimum Gasteiger partial charge on any atom is -0.460 e. The maximum Gasteiger partial charge on any atom is 0.251 e. The molecule has 0 fully saturated rings. The van der Waals surface area contributed by atoms with E-state index < -0.39 is 17.6 Å². The predicted octanol–water partition coefficient (Wildman–Crippen LogP) is 2.35. The minimum atomic E-state index is -0.797. The van der Waals surface area contributed by atoms with Gasteiger partial charge in [-0.1, -0.05) is 26.0 Å². The zero-order chi connectivity index (χ0) is 23.9. The van der Waals surface area contributed by atoms with Gasteiger partial charge in [0, 0.05) is 19.5 Å². The van der Waals surface area contributed by atoms with Gasteiger partial charge in [-0.2, -0.15) is 0 Å². The Kier molecular flexibility index (Phi) is 8.60. The van der Waals surface area contributed by atoms with E-state index in [1.807, 2.05) is 26.0 Å². The van der Waals surface area contributed by atoms with Crippen molar-refractivity contribution in [1.82, 2.24) is 15.5 Å². The molecule has 1 atom stereocenters. The average Bonchev–Trinajstić information content (AvgIpc) is 3.04. The molecular formula is C24H34N4O4. The smallest absolute Gasteiger partial charge is 0.251 e. The van der Waals surface area contributed by atoms with Gasteiger partial charge in [-0.3, -0.25) is 15.0 Å². The van der Waals surface area contributed by atoms with Gasteiger partial charge in [0.25, 0.3) is 5.91 Å². The van der Waals surface area contributed by atoms with Crippen LogP contribution in [0.1, 0.15) is 39.7 Å². The zero-order valence-electron chi connectivity index (χ0n) is 19.4. The Balaban J connectivity index is 2.06. The SMILES string of the molecule is CN/C=C\C(=N)NC(=O)[C@H](CC(C)C)N1CC(Oc2ccc(CC(C)(C)O)cc2)=CC1=O. The van der Waals surface area contributed by atoms with Crippen molar-refractivity contribution in [3.8, 4) is 5.75 Å². The van der Waals surface area contributed by atoms with Crippen molar-refractivity contribution >= 4 is 17.6 Å². The van der Waals surface area contributed by atoms with Crippen LogP contribution in [-0.4, -0.2) is 52.9 Å². The monoisotopic (exact) mass is 442 g/mol. The van der Waals surface area contributed by atoms with Crippen molar-refractivity contribution in [2.24, 2.45) is 5.92 Å². The van der Waals surface area contributed by atoms with Crippen molar-refractivity contribution in [3.05, 3.63) is 53.9 Å². The second kappa shape index (κ2) is 10.9. The van der Waals surface area contributed by atoms with Crippen molar-refractivity contribution in [3.63, 3.8) is 0 Å². The first-order valence-corrected chi connectivity index (χ1v) is 10.7. The van der Waals surface area contributed by atoms with Gasteiger partial charge in [0.1, 0.15) is 23.4 Å². The molecule has 4 N–H and O–H groups in total. The Hall–Kier alpha value is -3.13. The molecule has 0 saturated heterocycles. The molecular weight excluding hydrogens is 408 g/mol. The third kappa shape index (κ3) is 7.85. The molecule has 2 amide bonds. The second-order valence-electron chi connectivity index (χ2n) is 8.98. The molecule has 0 bridgehead atoms. The molecule has 0 radical (unpaired) electrons. The molecule has 1 aromatic rings. The van der Waals surface area contributed by atoms with Gasteiger partial charge in [0.15, 0.2) is 0 Å². The molecule has 2 rings (SSSR count). The summed E-state index contributed by atoms with van der Waals surface area (Å²) in [4.78, 5) is 26.9. The highest BCUT2D eigenvalue weighted by molar-refractivity contribution is 6.05. The van der Waals surface area contributed by atoms with E-state index in [0.717, 1.165) is 5.56 Å². The van der Waals surface area contributed by atoms with E-state index in [1.165, 1.54) is 17.1 Å². The van der Waals surface area contributed by atoms with Gasteiger partial charge in [0.05, 0.1) is 12.1 Å². The van der Waals surface area contributed by atoms with Crippen LogP contribution in [-0.2, 0) is 16.0 Å². The quantitative estimate of drug-likeness (QED) is 0.328. The maximum atomic E-state index is 12.8. The molecule has 1 aliphatic rings.